The molecule has 2 aromatic rings. The molecule has 166 valence electrons. The fraction of sp³-hybridized carbons (Fsp3) is 0.440. The third-order valence-electron chi connectivity index (χ3n) is 5.85. The molecule has 1 aliphatic rings. The van der Waals surface area contributed by atoms with Crippen LogP contribution in [0.15, 0.2) is 60.7 Å². The van der Waals surface area contributed by atoms with E-state index in [2.05, 4.69) is 40.2 Å². The zero-order valence-electron chi connectivity index (χ0n) is 18.5. The van der Waals surface area contributed by atoms with Gasteiger partial charge in [-0.15, -0.1) is 0 Å². The van der Waals surface area contributed by atoms with Crippen LogP contribution in [-0.2, 0) is 17.9 Å². The molecule has 0 aliphatic heterocycles. The molecule has 31 heavy (non-hydrogen) atoms. The number of benzene rings is 2. The Bertz CT molecular complexity index is 830. The highest BCUT2D eigenvalue weighted by molar-refractivity contribution is 7.80. The minimum Gasteiger partial charge on any atom is -0.358 e. The van der Waals surface area contributed by atoms with E-state index in [1.165, 1.54) is 18.4 Å². The first-order valence-electron chi connectivity index (χ1n) is 11.2. The molecular weight excluding hydrogens is 404 g/mol. The van der Waals surface area contributed by atoms with Crippen molar-refractivity contribution in [1.82, 2.24) is 20.9 Å². The van der Waals surface area contributed by atoms with Crippen molar-refractivity contribution in [2.45, 2.75) is 63.8 Å². The lowest BCUT2D eigenvalue weighted by atomic mass is 9.90. The predicted molar refractivity (Wildman–Crippen MR) is 131 cm³/mol. The van der Waals surface area contributed by atoms with E-state index in [4.69, 9.17) is 12.2 Å². The van der Waals surface area contributed by atoms with Crippen LogP contribution in [-0.4, -0.2) is 41.1 Å². The van der Waals surface area contributed by atoms with Crippen LogP contribution in [0.25, 0.3) is 0 Å². The molecule has 3 N–H and O–H groups in total. The number of nitrogens with zero attached hydrogens (tertiary/aromatic N) is 1. The summed E-state index contributed by atoms with van der Waals surface area (Å²) in [6.07, 6.45) is 4.62. The van der Waals surface area contributed by atoms with E-state index in [9.17, 15) is 4.79 Å². The Balaban J connectivity index is 1.47. The summed E-state index contributed by atoms with van der Waals surface area (Å²) in [5.74, 6) is 0.0235. The summed E-state index contributed by atoms with van der Waals surface area (Å²) in [6.45, 7) is 3.30. The van der Waals surface area contributed by atoms with Crippen molar-refractivity contribution < 1.29 is 4.79 Å². The van der Waals surface area contributed by atoms with E-state index in [-0.39, 0.29) is 18.0 Å². The lowest BCUT2D eigenvalue weighted by Gasteiger charge is -2.34. The number of nitrogens with one attached hydrogen (secondary N) is 3. The molecule has 0 bridgehead atoms. The highest BCUT2D eigenvalue weighted by Gasteiger charge is 2.26. The Morgan fingerprint density at radius 3 is 2.23 bits per heavy atom. The monoisotopic (exact) mass is 438 g/mol. The van der Waals surface area contributed by atoms with Crippen LogP contribution in [0.5, 0.6) is 0 Å². The normalized spacial score (nSPS) is 19.3. The van der Waals surface area contributed by atoms with E-state index in [0.29, 0.717) is 17.7 Å². The molecule has 0 radical (unpaired) electrons. The second kappa shape index (κ2) is 11.8. The van der Waals surface area contributed by atoms with Crippen molar-refractivity contribution >= 4 is 23.2 Å². The molecule has 2 aromatic carbocycles. The third kappa shape index (κ3) is 7.33. The van der Waals surface area contributed by atoms with Crippen molar-refractivity contribution in [3.8, 4) is 0 Å². The van der Waals surface area contributed by atoms with Crippen molar-refractivity contribution in [2.75, 3.05) is 7.05 Å². The summed E-state index contributed by atoms with van der Waals surface area (Å²) in [6, 6.07) is 20.7. The van der Waals surface area contributed by atoms with Gasteiger partial charge in [-0.25, -0.2) is 0 Å². The molecule has 0 aromatic heterocycles. The largest absolute Gasteiger partial charge is 0.358 e. The lowest BCUT2D eigenvalue weighted by molar-refractivity contribution is -0.131. The molecule has 1 aliphatic carbocycles. The van der Waals surface area contributed by atoms with Gasteiger partial charge in [0.2, 0.25) is 5.91 Å². The molecule has 3 atom stereocenters. The summed E-state index contributed by atoms with van der Waals surface area (Å²) < 4.78 is 0. The standard InChI is InChI=1S/C25H34N4OS/c1-19(24(30)29(2)18-21-13-7-4-8-14-21)27-25(31)28-23-16-10-9-15-22(23)26-17-20-11-5-3-6-12-20/h3-8,11-14,19,22-23,26H,9-10,15-18H2,1-2H3,(H2,27,28,31)/t19?,22-,23-/m0/s1. The van der Waals surface area contributed by atoms with Crippen LogP contribution in [0.3, 0.4) is 0 Å². The van der Waals surface area contributed by atoms with E-state index in [1.807, 2.05) is 50.4 Å². The molecule has 0 spiro atoms. The quantitative estimate of drug-likeness (QED) is 0.550. The van der Waals surface area contributed by atoms with Gasteiger partial charge in [-0.1, -0.05) is 73.5 Å². The van der Waals surface area contributed by atoms with E-state index >= 15 is 0 Å². The minimum atomic E-state index is -0.381. The average molecular weight is 439 g/mol. The molecule has 1 saturated carbocycles. The number of carbonyl (C=O) groups is 1. The molecular formula is C25H34N4OS. The van der Waals surface area contributed by atoms with E-state index in [0.717, 1.165) is 24.9 Å². The first-order chi connectivity index (χ1) is 15.0. The van der Waals surface area contributed by atoms with Crippen LogP contribution in [0.1, 0.15) is 43.7 Å². The highest BCUT2D eigenvalue weighted by atomic mass is 32.1. The maximum absolute atomic E-state index is 12.8. The van der Waals surface area contributed by atoms with Crippen LogP contribution in [0.4, 0.5) is 0 Å². The van der Waals surface area contributed by atoms with Gasteiger partial charge in [-0.3, -0.25) is 4.79 Å². The Kier molecular flexibility index (Phi) is 8.85. The summed E-state index contributed by atoms with van der Waals surface area (Å²) >= 11 is 5.56. The SMILES string of the molecule is CC(NC(=S)N[C@H]1CCCC[C@@H]1NCc1ccccc1)C(=O)N(C)Cc1ccccc1. The number of thiocarbonyl (C=S) groups is 1. The average Bonchev–Trinajstić information content (AvgIpc) is 2.79. The maximum Gasteiger partial charge on any atom is 0.244 e. The molecule has 6 heteroatoms. The van der Waals surface area contributed by atoms with E-state index in [1.54, 1.807) is 4.90 Å². The number of hydrogen-bond donors (Lipinski definition) is 3. The lowest BCUT2D eigenvalue weighted by Crippen LogP contribution is -2.56. The zero-order valence-corrected chi connectivity index (χ0v) is 19.3. The summed E-state index contributed by atoms with van der Waals surface area (Å²) in [4.78, 5) is 14.5. The number of amides is 1. The fourth-order valence-corrected chi connectivity index (χ4v) is 4.46. The Morgan fingerprint density at radius 1 is 1.00 bits per heavy atom. The topological polar surface area (TPSA) is 56.4 Å². The number of carbonyl (C=O) groups excluding carboxylic acids is 1. The molecule has 3 rings (SSSR count). The van der Waals surface area contributed by atoms with Gasteiger partial charge in [0, 0.05) is 32.2 Å². The Labute approximate surface area is 191 Å². The maximum atomic E-state index is 12.8. The van der Waals surface area contributed by atoms with Gasteiger partial charge in [0.05, 0.1) is 0 Å². The predicted octanol–water partition coefficient (Wildman–Crippen LogP) is 3.60. The van der Waals surface area contributed by atoms with Crippen LogP contribution >= 0.6 is 12.2 Å². The molecule has 1 fully saturated rings. The summed E-state index contributed by atoms with van der Waals surface area (Å²) in [5, 5.41) is 10.9. The summed E-state index contributed by atoms with van der Waals surface area (Å²) in [7, 11) is 1.83. The Hall–Kier alpha value is -2.44. The van der Waals surface area contributed by atoms with E-state index < -0.39 is 0 Å². The zero-order chi connectivity index (χ0) is 22.1. The van der Waals surface area contributed by atoms with Gasteiger partial charge in [-0.05, 0) is 43.1 Å². The highest BCUT2D eigenvalue weighted by Crippen LogP contribution is 2.19. The van der Waals surface area contributed by atoms with Crippen molar-refractivity contribution in [1.29, 1.82) is 0 Å². The van der Waals surface area contributed by atoms with Crippen molar-refractivity contribution in [3.05, 3.63) is 71.8 Å². The molecule has 0 heterocycles. The van der Waals surface area contributed by atoms with Crippen molar-refractivity contribution in [3.63, 3.8) is 0 Å². The van der Waals surface area contributed by atoms with Gasteiger partial charge in [0.15, 0.2) is 5.11 Å². The smallest absolute Gasteiger partial charge is 0.244 e. The number of likely N-dealkylation sites (N-methyl/N-ethyl adjacent to an activating group) is 1. The number of rotatable bonds is 8. The van der Waals surface area contributed by atoms with Crippen LogP contribution in [0, 0.1) is 0 Å². The summed E-state index contributed by atoms with van der Waals surface area (Å²) in [5.41, 5.74) is 2.40. The molecule has 1 unspecified atom stereocenters. The molecule has 5 nitrogen and oxygen atoms in total. The van der Waals surface area contributed by atoms with Gasteiger partial charge < -0.3 is 20.9 Å². The first kappa shape index (κ1) is 23.2. The Morgan fingerprint density at radius 2 is 1.58 bits per heavy atom. The van der Waals surface area contributed by atoms with Crippen LogP contribution < -0.4 is 16.0 Å². The number of hydrogen-bond acceptors (Lipinski definition) is 3. The van der Waals surface area contributed by atoms with Crippen LogP contribution in [0.2, 0.25) is 0 Å². The third-order valence-corrected chi connectivity index (χ3v) is 6.09. The van der Waals surface area contributed by atoms with Gasteiger partial charge in [0.25, 0.3) is 0 Å². The fourth-order valence-electron chi connectivity index (χ4n) is 4.13. The van der Waals surface area contributed by atoms with Gasteiger partial charge >= 0.3 is 0 Å². The minimum absolute atomic E-state index is 0.0235. The second-order valence-electron chi connectivity index (χ2n) is 8.38. The first-order valence-corrected chi connectivity index (χ1v) is 11.6. The van der Waals surface area contributed by atoms with Gasteiger partial charge in [0.1, 0.15) is 6.04 Å². The van der Waals surface area contributed by atoms with Gasteiger partial charge in [-0.2, -0.15) is 0 Å². The molecule has 0 saturated heterocycles. The second-order valence-corrected chi connectivity index (χ2v) is 8.79. The van der Waals surface area contributed by atoms with Crippen molar-refractivity contribution in [2.24, 2.45) is 0 Å². The molecule has 1 amide bonds.